The van der Waals surface area contributed by atoms with Crippen LogP contribution in [0.1, 0.15) is 23.7 Å². The lowest BCUT2D eigenvalue weighted by Crippen LogP contribution is -1.96. The van der Waals surface area contributed by atoms with Crippen molar-refractivity contribution in [2.24, 2.45) is 7.05 Å². The molecular weight excluding hydrogens is 338 g/mol. The molecule has 8 heteroatoms. The van der Waals surface area contributed by atoms with E-state index >= 15 is 0 Å². The third-order valence-corrected chi connectivity index (χ3v) is 3.98. The molecule has 0 aliphatic rings. The molecule has 0 saturated heterocycles. The van der Waals surface area contributed by atoms with Crippen molar-refractivity contribution in [3.05, 3.63) is 46.6 Å². The number of nitriles is 2. The summed E-state index contributed by atoms with van der Waals surface area (Å²) in [5, 5.41) is 24.9. The molecule has 0 aliphatic heterocycles. The number of hydrogen-bond donors (Lipinski definition) is 0. The maximum Gasteiger partial charge on any atom is 0.280 e. The normalized spacial score (nSPS) is 10.1. The molecule has 0 fully saturated rings. The first-order chi connectivity index (χ1) is 12.1. The number of rotatable bonds is 5. The molecule has 0 spiro atoms. The summed E-state index contributed by atoms with van der Waals surface area (Å²) in [4.78, 5) is 4.10. The summed E-state index contributed by atoms with van der Waals surface area (Å²) in [5.74, 6) is 1.23. The molecule has 2 aromatic heterocycles. The van der Waals surface area contributed by atoms with E-state index in [0.29, 0.717) is 45.8 Å². The molecule has 1 aromatic carbocycles. The van der Waals surface area contributed by atoms with Crippen molar-refractivity contribution in [2.75, 3.05) is 0 Å². The van der Waals surface area contributed by atoms with Gasteiger partial charge in [-0.1, -0.05) is 18.3 Å². The lowest BCUT2D eigenvalue weighted by atomic mass is 10.1. The number of aromatic nitrogens is 3. The Labute approximate surface area is 148 Å². The van der Waals surface area contributed by atoms with Gasteiger partial charge in [-0.3, -0.25) is 0 Å². The largest absolute Gasteiger partial charge is 0.450 e. The zero-order valence-corrected chi connectivity index (χ0v) is 14.4. The van der Waals surface area contributed by atoms with Gasteiger partial charge in [0, 0.05) is 18.6 Å². The molecule has 0 saturated carbocycles. The van der Waals surface area contributed by atoms with Crippen LogP contribution in [-0.4, -0.2) is 14.8 Å². The minimum atomic E-state index is 0.346. The van der Waals surface area contributed by atoms with E-state index in [1.54, 1.807) is 30.1 Å². The zero-order chi connectivity index (χ0) is 17.8. The first-order valence-electron chi connectivity index (χ1n) is 7.41. The molecule has 25 heavy (non-hydrogen) atoms. The Morgan fingerprint density at radius 3 is 2.44 bits per heavy atom. The van der Waals surface area contributed by atoms with Gasteiger partial charge in [0.25, 0.3) is 11.1 Å². The highest BCUT2D eigenvalue weighted by atomic mass is 32.1. The average molecular weight is 351 g/mol. The monoisotopic (exact) mass is 351 g/mol. The highest BCUT2D eigenvalue weighted by Crippen LogP contribution is 2.38. The molecule has 0 bridgehead atoms. The Bertz CT molecular complexity index is 948. The Balaban J connectivity index is 2.02. The molecule has 0 amide bonds. The number of nitrogens with zero attached hydrogens (tertiary/aromatic N) is 5. The molecule has 3 rings (SSSR count). The second-order valence-corrected chi connectivity index (χ2v) is 5.89. The first kappa shape index (κ1) is 16.5. The Morgan fingerprint density at radius 1 is 1.16 bits per heavy atom. The molecular formula is C17H13N5O2S. The van der Waals surface area contributed by atoms with Crippen molar-refractivity contribution in [1.29, 1.82) is 10.5 Å². The summed E-state index contributed by atoms with van der Waals surface area (Å²) in [6.07, 6.45) is 2.28. The van der Waals surface area contributed by atoms with Crippen molar-refractivity contribution >= 4 is 11.3 Å². The third kappa shape index (κ3) is 3.44. The van der Waals surface area contributed by atoms with Gasteiger partial charge in [0.1, 0.15) is 11.4 Å². The second kappa shape index (κ2) is 7.04. The van der Waals surface area contributed by atoms with Crippen LogP contribution in [0.2, 0.25) is 0 Å². The van der Waals surface area contributed by atoms with Crippen LogP contribution < -0.4 is 9.47 Å². The van der Waals surface area contributed by atoms with Crippen LogP contribution >= 0.6 is 11.3 Å². The maximum atomic E-state index is 9.12. The van der Waals surface area contributed by atoms with Crippen LogP contribution in [0.5, 0.6) is 22.6 Å². The summed E-state index contributed by atoms with van der Waals surface area (Å²) >= 11 is 1.35. The first-order valence-corrected chi connectivity index (χ1v) is 8.29. The zero-order valence-electron chi connectivity index (χ0n) is 13.6. The van der Waals surface area contributed by atoms with E-state index in [0.717, 1.165) is 0 Å². The van der Waals surface area contributed by atoms with Gasteiger partial charge in [-0.25, -0.2) is 9.67 Å². The van der Waals surface area contributed by atoms with E-state index in [9.17, 15) is 0 Å². The molecule has 0 aliphatic carbocycles. The van der Waals surface area contributed by atoms with Crippen LogP contribution in [0.4, 0.5) is 0 Å². The van der Waals surface area contributed by atoms with Gasteiger partial charge in [-0.2, -0.15) is 15.6 Å². The summed E-state index contributed by atoms with van der Waals surface area (Å²) in [6, 6.07) is 8.69. The predicted octanol–water partition coefficient (Wildman–Crippen LogP) is 3.77. The fraction of sp³-hybridized carbons (Fsp3) is 0.176. The van der Waals surface area contributed by atoms with Crippen LogP contribution in [0.15, 0.2) is 29.8 Å². The standard InChI is InChI=1S/C17H13N5O2S/c1-3-14-15(16(22(2)21-14)24-17-20-4-5-25-17)23-13-7-11(9-18)6-12(8-13)10-19/h4-8H,3H2,1-2H3. The van der Waals surface area contributed by atoms with Gasteiger partial charge in [0.15, 0.2) is 0 Å². The number of thiazole rings is 1. The van der Waals surface area contributed by atoms with E-state index in [1.165, 1.54) is 17.4 Å². The Kier molecular flexibility index (Phi) is 4.64. The van der Waals surface area contributed by atoms with E-state index in [2.05, 4.69) is 10.1 Å². The molecule has 2 heterocycles. The summed E-state index contributed by atoms with van der Waals surface area (Å²) in [7, 11) is 1.75. The summed E-state index contributed by atoms with van der Waals surface area (Å²) in [6.45, 7) is 1.95. The highest BCUT2D eigenvalue weighted by molar-refractivity contribution is 7.11. The topological polar surface area (TPSA) is 96.8 Å². The molecule has 0 N–H and O–H groups in total. The van der Waals surface area contributed by atoms with Gasteiger partial charge in [-0.15, -0.1) is 0 Å². The molecule has 124 valence electrons. The quantitative estimate of drug-likeness (QED) is 0.694. The fourth-order valence-electron chi connectivity index (χ4n) is 2.24. The van der Waals surface area contributed by atoms with Crippen LogP contribution in [0.25, 0.3) is 0 Å². The van der Waals surface area contributed by atoms with Crippen LogP contribution in [0, 0.1) is 22.7 Å². The Hall–Kier alpha value is -3.36. The lowest BCUT2D eigenvalue weighted by molar-refractivity contribution is 0.390. The fourth-order valence-corrected chi connectivity index (χ4v) is 2.72. The van der Waals surface area contributed by atoms with E-state index in [1.807, 2.05) is 24.4 Å². The molecule has 0 atom stereocenters. The SMILES string of the molecule is CCc1nn(C)c(Oc2nccs2)c1Oc1cc(C#N)cc(C#N)c1. The second-order valence-electron chi connectivity index (χ2n) is 5.03. The third-order valence-electron chi connectivity index (χ3n) is 3.33. The number of aryl methyl sites for hydroxylation is 2. The summed E-state index contributed by atoms with van der Waals surface area (Å²) in [5.41, 5.74) is 1.40. The predicted molar refractivity (Wildman–Crippen MR) is 90.7 cm³/mol. The minimum Gasteiger partial charge on any atom is -0.450 e. The van der Waals surface area contributed by atoms with Crippen molar-refractivity contribution in [1.82, 2.24) is 14.8 Å². The van der Waals surface area contributed by atoms with Gasteiger partial charge in [0.05, 0.1) is 23.3 Å². The van der Waals surface area contributed by atoms with E-state index in [-0.39, 0.29) is 0 Å². The summed E-state index contributed by atoms with van der Waals surface area (Å²) < 4.78 is 13.3. The minimum absolute atomic E-state index is 0.346. The van der Waals surface area contributed by atoms with Crippen molar-refractivity contribution < 1.29 is 9.47 Å². The molecule has 0 radical (unpaired) electrons. The van der Waals surface area contributed by atoms with Crippen LogP contribution in [0.3, 0.4) is 0 Å². The average Bonchev–Trinajstić information content (AvgIpc) is 3.24. The maximum absolute atomic E-state index is 9.12. The van der Waals surface area contributed by atoms with Crippen molar-refractivity contribution in [3.8, 4) is 34.7 Å². The molecule has 7 nitrogen and oxygen atoms in total. The van der Waals surface area contributed by atoms with Crippen molar-refractivity contribution in [3.63, 3.8) is 0 Å². The van der Waals surface area contributed by atoms with E-state index in [4.69, 9.17) is 20.0 Å². The smallest absolute Gasteiger partial charge is 0.280 e. The van der Waals surface area contributed by atoms with Gasteiger partial charge < -0.3 is 9.47 Å². The van der Waals surface area contributed by atoms with Crippen molar-refractivity contribution in [2.45, 2.75) is 13.3 Å². The van der Waals surface area contributed by atoms with Crippen LogP contribution in [-0.2, 0) is 13.5 Å². The Morgan fingerprint density at radius 2 is 1.88 bits per heavy atom. The van der Waals surface area contributed by atoms with Gasteiger partial charge in [-0.05, 0) is 24.6 Å². The number of hydrogen-bond acceptors (Lipinski definition) is 7. The number of benzene rings is 1. The molecule has 3 aromatic rings. The van der Waals surface area contributed by atoms with E-state index < -0.39 is 0 Å². The molecule has 0 unspecified atom stereocenters. The highest BCUT2D eigenvalue weighted by Gasteiger charge is 2.21. The lowest BCUT2D eigenvalue weighted by Gasteiger charge is -2.09. The number of ether oxygens (including phenoxy) is 2. The van der Waals surface area contributed by atoms with Gasteiger partial charge >= 0.3 is 0 Å². The van der Waals surface area contributed by atoms with Gasteiger partial charge in [0.2, 0.25) is 5.75 Å².